The summed E-state index contributed by atoms with van der Waals surface area (Å²) in [5, 5.41) is 0. The molecule has 1 heterocycles. The van der Waals surface area contributed by atoms with Gasteiger partial charge in [-0.25, -0.2) is 0 Å². The standard InChI is InChI=1S/C9H13NO2/c1-3-5-10(2)9(11)8-4-6-12-7-8/h1,8H,4-7H2,2H3. The van der Waals surface area contributed by atoms with Gasteiger partial charge in [-0.3, -0.25) is 4.79 Å². The highest BCUT2D eigenvalue weighted by atomic mass is 16.5. The first-order valence-electron chi connectivity index (χ1n) is 4.02. The Morgan fingerprint density at radius 2 is 2.58 bits per heavy atom. The molecule has 1 fully saturated rings. The van der Waals surface area contributed by atoms with Gasteiger partial charge >= 0.3 is 0 Å². The van der Waals surface area contributed by atoms with E-state index in [9.17, 15) is 4.79 Å². The Kier molecular flexibility index (Phi) is 3.12. The third-order valence-electron chi connectivity index (χ3n) is 1.98. The number of nitrogens with zero attached hydrogens (tertiary/aromatic N) is 1. The lowest BCUT2D eigenvalue weighted by Crippen LogP contribution is -2.33. The zero-order valence-corrected chi connectivity index (χ0v) is 7.25. The van der Waals surface area contributed by atoms with Crippen molar-refractivity contribution in [2.75, 3.05) is 26.8 Å². The van der Waals surface area contributed by atoms with E-state index in [1.165, 1.54) is 0 Å². The molecule has 0 aliphatic carbocycles. The number of amides is 1. The molecule has 1 unspecified atom stereocenters. The Morgan fingerprint density at radius 3 is 3.08 bits per heavy atom. The van der Waals surface area contributed by atoms with Crippen LogP contribution in [0.3, 0.4) is 0 Å². The summed E-state index contributed by atoms with van der Waals surface area (Å²) in [6, 6.07) is 0. The van der Waals surface area contributed by atoms with Crippen molar-refractivity contribution in [3.8, 4) is 12.3 Å². The fourth-order valence-corrected chi connectivity index (χ4v) is 1.26. The summed E-state index contributed by atoms with van der Waals surface area (Å²) in [6.45, 7) is 1.63. The second-order valence-electron chi connectivity index (χ2n) is 2.96. The molecular weight excluding hydrogens is 154 g/mol. The van der Waals surface area contributed by atoms with Crippen LogP contribution in [0.4, 0.5) is 0 Å². The molecule has 0 bridgehead atoms. The molecule has 12 heavy (non-hydrogen) atoms. The molecule has 1 aliphatic rings. The average Bonchev–Trinajstić information content (AvgIpc) is 2.55. The van der Waals surface area contributed by atoms with Gasteiger partial charge in [-0.15, -0.1) is 6.42 Å². The van der Waals surface area contributed by atoms with Gasteiger partial charge in [-0.1, -0.05) is 5.92 Å². The minimum atomic E-state index is 0.0309. The van der Waals surface area contributed by atoms with Gasteiger partial charge in [0, 0.05) is 13.7 Å². The lowest BCUT2D eigenvalue weighted by molar-refractivity contribution is -0.133. The van der Waals surface area contributed by atoms with Crippen LogP contribution >= 0.6 is 0 Å². The average molecular weight is 167 g/mol. The first-order chi connectivity index (χ1) is 5.75. The number of terminal acetylenes is 1. The van der Waals surface area contributed by atoms with Crippen LogP contribution in [0.25, 0.3) is 0 Å². The van der Waals surface area contributed by atoms with Gasteiger partial charge in [0.25, 0.3) is 0 Å². The molecule has 0 saturated carbocycles. The Hall–Kier alpha value is -1.01. The minimum absolute atomic E-state index is 0.0309. The van der Waals surface area contributed by atoms with Gasteiger partial charge in [0.05, 0.1) is 19.1 Å². The normalized spacial score (nSPS) is 21.8. The minimum Gasteiger partial charge on any atom is -0.381 e. The van der Waals surface area contributed by atoms with Gasteiger partial charge in [-0.05, 0) is 6.42 Å². The molecule has 0 N–H and O–H groups in total. The highest BCUT2D eigenvalue weighted by molar-refractivity contribution is 5.79. The Labute approximate surface area is 72.7 Å². The summed E-state index contributed by atoms with van der Waals surface area (Å²) in [5.74, 6) is 2.57. The number of rotatable bonds is 2. The van der Waals surface area contributed by atoms with Crippen LogP contribution in [0, 0.1) is 18.3 Å². The predicted molar refractivity (Wildman–Crippen MR) is 45.4 cm³/mol. The maximum Gasteiger partial charge on any atom is 0.228 e. The molecule has 66 valence electrons. The van der Waals surface area contributed by atoms with Crippen molar-refractivity contribution in [3.05, 3.63) is 0 Å². The molecule has 0 radical (unpaired) electrons. The van der Waals surface area contributed by atoms with Crippen LogP contribution < -0.4 is 0 Å². The van der Waals surface area contributed by atoms with E-state index in [1.807, 2.05) is 0 Å². The monoisotopic (exact) mass is 167 g/mol. The lowest BCUT2D eigenvalue weighted by atomic mass is 10.1. The summed E-state index contributed by atoms with van der Waals surface area (Å²) >= 11 is 0. The van der Waals surface area contributed by atoms with Crippen molar-refractivity contribution >= 4 is 5.91 Å². The van der Waals surface area contributed by atoms with Gasteiger partial charge in [0.15, 0.2) is 0 Å². The zero-order valence-electron chi connectivity index (χ0n) is 7.25. The van der Waals surface area contributed by atoms with Crippen LogP contribution in [0.15, 0.2) is 0 Å². The van der Waals surface area contributed by atoms with Crippen LogP contribution in [-0.4, -0.2) is 37.6 Å². The molecule has 1 aliphatic heterocycles. The third-order valence-corrected chi connectivity index (χ3v) is 1.98. The number of carbonyl (C=O) groups excluding carboxylic acids is 1. The maximum atomic E-state index is 11.5. The Balaban J connectivity index is 2.41. The van der Waals surface area contributed by atoms with E-state index >= 15 is 0 Å². The van der Waals surface area contributed by atoms with Gasteiger partial charge < -0.3 is 9.64 Å². The molecule has 3 heteroatoms. The van der Waals surface area contributed by atoms with E-state index in [0.29, 0.717) is 19.8 Å². The van der Waals surface area contributed by atoms with Crippen molar-refractivity contribution in [1.29, 1.82) is 0 Å². The Morgan fingerprint density at radius 1 is 1.83 bits per heavy atom. The SMILES string of the molecule is C#CCN(C)C(=O)C1CCOC1. The molecule has 1 atom stereocenters. The van der Waals surface area contributed by atoms with Crippen molar-refractivity contribution in [1.82, 2.24) is 4.90 Å². The van der Waals surface area contributed by atoms with Gasteiger partial charge in [0.2, 0.25) is 5.91 Å². The third kappa shape index (κ3) is 1.99. The van der Waals surface area contributed by atoms with Gasteiger partial charge in [-0.2, -0.15) is 0 Å². The maximum absolute atomic E-state index is 11.5. The Bertz CT molecular complexity index is 201. The molecule has 1 amide bonds. The van der Waals surface area contributed by atoms with Crippen molar-refractivity contribution in [2.24, 2.45) is 5.92 Å². The number of hydrogen-bond donors (Lipinski definition) is 0. The molecule has 0 aromatic heterocycles. The first kappa shape index (κ1) is 9.08. The fourth-order valence-electron chi connectivity index (χ4n) is 1.26. The van der Waals surface area contributed by atoms with Crippen LogP contribution in [0.1, 0.15) is 6.42 Å². The van der Waals surface area contributed by atoms with E-state index in [4.69, 9.17) is 11.2 Å². The first-order valence-corrected chi connectivity index (χ1v) is 4.02. The molecule has 1 rings (SSSR count). The lowest BCUT2D eigenvalue weighted by Gasteiger charge is -2.17. The highest BCUT2D eigenvalue weighted by Gasteiger charge is 2.25. The summed E-state index contributed by atoms with van der Waals surface area (Å²) < 4.78 is 5.11. The molecule has 0 spiro atoms. The highest BCUT2D eigenvalue weighted by Crippen LogP contribution is 2.14. The fraction of sp³-hybridized carbons (Fsp3) is 0.667. The second kappa shape index (κ2) is 4.13. The summed E-state index contributed by atoms with van der Waals surface area (Å²) in [4.78, 5) is 13.1. The second-order valence-corrected chi connectivity index (χ2v) is 2.96. The topological polar surface area (TPSA) is 29.5 Å². The van der Waals surface area contributed by atoms with E-state index in [2.05, 4.69) is 5.92 Å². The van der Waals surface area contributed by atoms with Crippen LogP contribution in [0.5, 0.6) is 0 Å². The van der Waals surface area contributed by atoms with E-state index in [-0.39, 0.29) is 11.8 Å². The summed E-state index contributed by atoms with van der Waals surface area (Å²) in [5.41, 5.74) is 0. The van der Waals surface area contributed by atoms with Crippen LogP contribution in [0.2, 0.25) is 0 Å². The van der Waals surface area contributed by atoms with Crippen molar-refractivity contribution in [3.63, 3.8) is 0 Å². The number of carbonyl (C=O) groups is 1. The predicted octanol–water partition coefficient (Wildman–Crippen LogP) is 0.114. The molecule has 0 aromatic rings. The van der Waals surface area contributed by atoms with Crippen LogP contribution in [-0.2, 0) is 9.53 Å². The van der Waals surface area contributed by atoms with E-state index < -0.39 is 0 Å². The van der Waals surface area contributed by atoms with E-state index in [0.717, 1.165) is 6.42 Å². The zero-order chi connectivity index (χ0) is 8.97. The van der Waals surface area contributed by atoms with Gasteiger partial charge in [0.1, 0.15) is 0 Å². The quantitative estimate of drug-likeness (QED) is 0.546. The summed E-state index contributed by atoms with van der Waals surface area (Å²) in [6.07, 6.45) is 5.92. The van der Waals surface area contributed by atoms with Crippen molar-refractivity contribution < 1.29 is 9.53 Å². The van der Waals surface area contributed by atoms with E-state index in [1.54, 1.807) is 11.9 Å². The smallest absolute Gasteiger partial charge is 0.228 e. The largest absolute Gasteiger partial charge is 0.381 e. The van der Waals surface area contributed by atoms with Crippen molar-refractivity contribution in [2.45, 2.75) is 6.42 Å². The molecule has 0 aromatic carbocycles. The molecule has 3 nitrogen and oxygen atoms in total. The number of hydrogen-bond acceptors (Lipinski definition) is 2. The molecule has 1 saturated heterocycles. The summed E-state index contributed by atoms with van der Waals surface area (Å²) in [7, 11) is 1.72. The molecular formula is C9H13NO2. The number of ether oxygens (including phenoxy) is 1.